The summed E-state index contributed by atoms with van der Waals surface area (Å²) in [4.78, 5) is 38.5. The lowest BCUT2D eigenvalue weighted by Gasteiger charge is -2.36. The standard InChI is InChI=1S/C32H25N3O2S2/c1-23(30(37)25-16-8-3-9-17-25)38-32-34-31(33-26-18-10-4-11-19-26)39-29(35(32)27-20-12-5-13-21-27)22-28(36)24-14-6-2-7-15-24/h2-21,29H,1,22H2. The van der Waals surface area contributed by atoms with Gasteiger partial charge in [0.2, 0.25) is 0 Å². The Hall–Kier alpha value is -4.20. The van der Waals surface area contributed by atoms with E-state index in [1.807, 2.05) is 114 Å². The van der Waals surface area contributed by atoms with Gasteiger partial charge < -0.3 is 4.90 Å². The maximum Gasteiger partial charge on any atom is 0.199 e. The van der Waals surface area contributed by atoms with Gasteiger partial charge in [0.15, 0.2) is 21.9 Å². The molecule has 0 saturated carbocycles. The van der Waals surface area contributed by atoms with Gasteiger partial charge in [-0.3, -0.25) is 9.59 Å². The molecule has 1 heterocycles. The van der Waals surface area contributed by atoms with E-state index in [-0.39, 0.29) is 23.4 Å². The molecule has 39 heavy (non-hydrogen) atoms. The maximum absolute atomic E-state index is 13.4. The topological polar surface area (TPSA) is 62.1 Å². The van der Waals surface area contributed by atoms with Crippen molar-refractivity contribution in [1.82, 2.24) is 0 Å². The summed E-state index contributed by atoms with van der Waals surface area (Å²) in [7, 11) is 0. The monoisotopic (exact) mass is 547 g/mol. The van der Waals surface area contributed by atoms with Crippen LogP contribution in [0.2, 0.25) is 0 Å². The lowest BCUT2D eigenvalue weighted by atomic mass is 10.1. The number of benzene rings is 4. The summed E-state index contributed by atoms with van der Waals surface area (Å²) >= 11 is 2.62. The molecule has 4 aromatic rings. The van der Waals surface area contributed by atoms with Crippen molar-refractivity contribution in [3.8, 4) is 0 Å². The van der Waals surface area contributed by atoms with E-state index in [0.717, 1.165) is 11.4 Å². The van der Waals surface area contributed by atoms with Gasteiger partial charge in [-0.2, -0.15) is 4.99 Å². The number of anilines is 1. The van der Waals surface area contributed by atoms with Gasteiger partial charge in [0.1, 0.15) is 0 Å². The molecule has 1 atom stereocenters. The molecule has 5 rings (SSSR count). The highest BCUT2D eigenvalue weighted by Gasteiger charge is 2.34. The van der Waals surface area contributed by atoms with Crippen LogP contribution in [0.25, 0.3) is 0 Å². The number of hydrogen-bond acceptors (Lipinski definition) is 6. The zero-order valence-corrected chi connectivity index (χ0v) is 22.6. The quantitative estimate of drug-likeness (QED) is 0.165. The second kappa shape index (κ2) is 12.6. The number of para-hydroxylation sites is 2. The summed E-state index contributed by atoms with van der Waals surface area (Å²) in [6.07, 6.45) is 0.218. The molecule has 1 unspecified atom stereocenters. The second-order valence-corrected chi connectivity index (χ2v) is 10.8. The molecule has 7 heteroatoms. The van der Waals surface area contributed by atoms with Gasteiger partial charge in [-0.25, -0.2) is 4.99 Å². The fraction of sp³-hybridized carbons (Fsp3) is 0.0625. The Morgan fingerprint density at radius 3 is 1.95 bits per heavy atom. The molecule has 192 valence electrons. The van der Waals surface area contributed by atoms with Crippen LogP contribution in [0.3, 0.4) is 0 Å². The van der Waals surface area contributed by atoms with Crippen molar-refractivity contribution >= 4 is 56.8 Å². The number of aliphatic imine (C=N–C) groups is 2. The average molecular weight is 548 g/mol. The van der Waals surface area contributed by atoms with Crippen molar-refractivity contribution in [1.29, 1.82) is 0 Å². The van der Waals surface area contributed by atoms with Crippen LogP contribution < -0.4 is 4.90 Å². The van der Waals surface area contributed by atoms with Crippen LogP contribution in [0.4, 0.5) is 11.4 Å². The zero-order chi connectivity index (χ0) is 27.0. The molecular weight excluding hydrogens is 523 g/mol. The van der Waals surface area contributed by atoms with Crippen LogP contribution >= 0.6 is 23.5 Å². The van der Waals surface area contributed by atoms with Crippen molar-refractivity contribution in [3.05, 3.63) is 144 Å². The van der Waals surface area contributed by atoms with Crippen molar-refractivity contribution in [2.75, 3.05) is 4.90 Å². The number of carbonyl (C=O) groups excluding carboxylic acids is 2. The van der Waals surface area contributed by atoms with E-state index in [1.165, 1.54) is 23.5 Å². The molecule has 1 aliphatic rings. The number of nitrogens with zero attached hydrogens (tertiary/aromatic N) is 3. The van der Waals surface area contributed by atoms with Gasteiger partial charge >= 0.3 is 0 Å². The number of rotatable bonds is 8. The lowest BCUT2D eigenvalue weighted by molar-refractivity contribution is 0.0981. The van der Waals surface area contributed by atoms with Crippen molar-refractivity contribution in [2.45, 2.75) is 11.8 Å². The van der Waals surface area contributed by atoms with Gasteiger partial charge in [0.25, 0.3) is 0 Å². The Morgan fingerprint density at radius 1 is 0.795 bits per heavy atom. The Balaban J connectivity index is 1.54. The van der Waals surface area contributed by atoms with Gasteiger partial charge in [0, 0.05) is 23.2 Å². The van der Waals surface area contributed by atoms with Gasteiger partial charge in [-0.1, -0.05) is 115 Å². The third-order valence-corrected chi connectivity index (χ3v) is 7.85. The molecule has 1 aliphatic heterocycles. The predicted octanol–water partition coefficient (Wildman–Crippen LogP) is 8.01. The molecule has 0 fully saturated rings. The molecular formula is C32H25N3O2S2. The lowest BCUT2D eigenvalue weighted by Crippen LogP contribution is -2.42. The highest BCUT2D eigenvalue weighted by Crippen LogP contribution is 2.38. The summed E-state index contributed by atoms with van der Waals surface area (Å²) in [5.74, 6) is -0.161. The summed E-state index contributed by atoms with van der Waals surface area (Å²) in [5.41, 5.74) is 2.82. The SMILES string of the molecule is C=C(SC1=NC(=Nc2ccccc2)SC(CC(=O)c2ccccc2)N1c1ccccc1)C(=O)c1ccccc1. The third kappa shape index (κ3) is 6.63. The molecule has 0 amide bonds. The smallest absolute Gasteiger partial charge is 0.199 e. The summed E-state index contributed by atoms with van der Waals surface area (Å²) in [6, 6.07) is 37.7. The summed E-state index contributed by atoms with van der Waals surface area (Å²) < 4.78 is 0. The fourth-order valence-electron chi connectivity index (χ4n) is 4.00. The Morgan fingerprint density at radius 2 is 1.33 bits per heavy atom. The minimum atomic E-state index is -0.345. The Labute approximate surface area is 236 Å². The van der Waals surface area contributed by atoms with Gasteiger partial charge in [-0.05, 0) is 36.0 Å². The van der Waals surface area contributed by atoms with E-state index in [9.17, 15) is 9.59 Å². The molecule has 0 aliphatic carbocycles. The molecule has 0 spiro atoms. The molecule has 0 aromatic heterocycles. The van der Waals surface area contributed by atoms with Crippen LogP contribution in [-0.4, -0.2) is 27.3 Å². The minimum Gasteiger partial charge on any atom is -0.307 e. The van der Waals surface area contributed by atoms with E-state index in [4.69, 9.17) is 9.98 Å². The van der Waals surface area contributed by atoms with Gasteiger partial charge in [0.05, 0.1) is 16.0 Å². The highest BCUT2D eigenvalue weighted by molar-refractivity contribution is 8.19. The first-order chi connectivity index (χ1) is 19.1. The summed E-state index contributed by atoms with van der Waals surface area (Å²) in [6.45, 7) is 4.09. The van der Waals surface area contributed by atoms with Crippen molar-refractivity contribution in [2.24, 2.45) is 9.98 Å². The van der Waals surface area contributed by atoms with E-state index in [2.05, 4.69) is 6.58 Å². The molecule has 0 radical (unpaired) electrons. The highest BCUT2D eigenvalue weighted by atomic mass is 32.2. The summed E-state index contributed by atoms with van der Waals surface area (Å²) in [5, 5.41) is 0.707. The largest absolute Gasteiger partial charge is 0.307 e. The van der Waals surface area contributed by atoms with E-state index in [0.29, 0.717) is 26.4 Å². The number of thioether (sulfide) groups is 2. The predicted molar refractivity (Wildman–Crippen MR) is 164 cm³/mol. The first-order valence-electron chi connectivity index (χ1n) is 12.4. The van der Waals surface area contributed by atoms with Crippen LogP contribution in [0.15, 0.2) is 143 Å². The number of Topliss-reactive ketones (excluding diaryl/α,β-unsaturated/α-hetero) is 2. The molecule has 4 aromatic carbocycles. The van der Waals surface area contributed by atoms with Crippen LogP contribution in [-0.2, 0) is 0 Å². The van der Waals surface area contributed by atoms with Crippen molar-refractivity contribution < 1.29 is 9.59 Å². The Bertz CT molecular complexity index is 1520. The number of allylic oxidation sites excluding steroid dienone is 1. The molecule has 0 bridgehead atoms. The second-order valence-electron chi connectivity index (χ2n) is 8.62. The molecule has 0 saturated heterocycles. The number of ketones is 2. The van der Waals surface area contributed by atoms with E-state index < -0.39 is 0 Å². The van der Waals surface area contributed by atoms with E-state index >= 15 is 0 Å². The van der Waals surface area contributed by atoms with E-state index in [1.54, 1.807) is 12.1 Å². The van der Waals surface area contributed by atoms with Crippen LogP contribution in [0, 0.1) is 0 Å². The normalized spacial score (nSPS) is 16.0. The van der Waals surface area contributed by atoms with Gasteiger partial charge in [-0.15, -0.1) is 0 Å². The third-order valence-electron chi connectivity index (χ3n) is 5.90. The van der Waals surface area contributed by atoms with Crippen molar-refractivity contribution in [3.63, 3.8) is 0 Å². The van der Waals surface area contributed by atoms with Crippen LogP contribution in [0.1, 0.15) is 27.1 Å². The molecule has 0 N–H and O–H groups in total. The number of carbonyl (C=O) groups is 2. The molecule has 5 nitrogen and oxygen atoms in total. The first kappa shape index (κ1) is 26.4. The minimum absolute atomic E-state index is 0.0125. The Kier molecular flexibility index (Phi) is 8.51. The number of amidine groups is 2. The van der Waals surface area contributed by atoms with Crippen LogP contribution in [0.5, 0.6) is 0 Å². The number of hydrogen-bond donors (Lipinski definition) is 0. The maximum atomic E-state index is 13.4. The first-order valence-corrected chi connectivity index (χ1v) is 14.1. The average Bonchev–Trinajstić information content (AvgIpc) is 2.98. The fourth-order valence-corrected chi connectivity index (χ4v) is 6.12. The zero-order valence-electron chi connectivity index (χ0n) is 21.0.